The second kappa shape index (κ2) is 6.00. The topological polar surface area (TPSA) is 50.8 Å². The van der Waals surface area contributed by atoms with Gasteiger partial charge in [0, 0.05) is 24.7 Å². The molecule has 1 atom stereocenters. The van der Waals surface area contributed by atoms with E-state index < -0.39 is 5.54 Å². The molecule has 1 heterocycles. The Bertz CT molecular complexity index is 355. The van der Waals surface area contributed by atoms with Gasteiger partial charge in [-0.2, -0.15) is 0 Å². The molecule has 2 fully saturated rings. The fourth-order valence-electron chi connectivity index (χ4n) is 2.80. The monoisotopic (exact) mass is 284 g/mol. The molecule has 5 nitrogen and oxygen atoms in total. The van der Waals surface area contributed by atoms with E-state index in [0.29, 0.717) is 6.04 Å². The second-order valence-corrected chi connectivity index (χ2v) is 6.84. The van der Waals surface area contributed by atoms with Crippen molar-refractivity contribution in [3.05, 3.63) is 0 Å². The van der Waals surface area contributed by atoms with E-state index in [-0.39, 0.29) is 11.5 Å². The number of carbonyl (C=O) groups excluding carboxylic acids is 1. The van der Waals surface area contributed by atoms with Gasteiger partial charge in [-0.05, 0) is 40.0 Å². The number of morpholine rings is 1. The Morgan fingerprint density at radius 2 is 2.20 bits per heavy atom. The molecule has 0 spiro atoms. The summed E-state index contributed by atoms with van der Waals surface area (Å²) in [5.74, 6) is -0.157. The highest BCUT2D eigenvalue weighted by Gasteiger charge is 2.40. The zero-order valence-electron chi connectivity index (χ0n) is 13.2. The van der Waals surface area contributed by atoms with Crippen LogP contribution in [0.4, 0.5) is 0 Å². The molecule has 0 bridgehead atoms. The molecule has 1 unspecified atom stereocenters. The van der Waals surface area contributed by atoms with Gasteiger partial charge in [-0.15, -0.1) is 0 Å². The predicted molar refractivity (Wildman–Crippen MR) is 77.7 cm³/mol. The average Bonchev–Trinajstić information content (AvgIpc) is 3.19. The molecule has 116 valence electrons. The smallest absolute Gasteiger partial charge is 0.325 e. The lowest BCUT2D eigenvalue weighted by molar-refractivity contribution is -0.149. The first-order valence-electron chi connectivity index (χ1n) is 7.56. The van der Waals surface area contributed by atoms with Crippen LogP contribution in [-0.2, 0) is 14.3 Å². The molecule has 1 saturated heterocycles. The molecular formula is C15H28N2O3. The van der Waals surface area contributed by atoms with Crippen molar-refractivity contribution in [2.45, 2.75) is 57.2 Å². The fourth-order valence-corrected chi connectivity index (χ4v) is 2.80. The largest absolute Gasteiger partial charge is 0.468 e. The van der Waals surface area contributed by atoms with E-state index in [1.165, 1.54) is 7.11 Å². The molecule has 2 rings (SSSR count). The van der Waals surface area contributed by atoms with Crippen LogP contribution in [-0.4, -0.2) is 61.4 Å². The highest BCUT2D eigenvalue weighted by molar-refractivity contribution is 5.80. The van der Waals surface area contributed by atoms with Crippen LogP contribution in [0, 0.1) is 0 Å². The molecule has 1 aliphatic carbocycles. The van der Waals surface area contributed by atoms with Crippen molar-refractivity contribution in [2.75, 3.05) is 33.4 Å². The number of esters is 1. The van der Waals surface area contributed by atoms with E-state index in [2.05, 4.69) is 24.1 Å². The number of nitrogens with one attached hydrogen (secondary N) is 1. The summed E-state index contributed by atoms with van der Waals surface area (Å²) in [5.41, 5.74) is -0.542. The van der Waals surface area contributed by atoms with Crippen LogP contribution in [0.25, 0.3) is 0 Å². The van der Waals surface area contributed by atoms with E-state index in [1.807, 2.05) is 6.92 Å². The first-order valence-corrected chi connectivity index (χ1v) is 7.56. The zero-order valence-corrected chi connectivity index (χ0v) is 13.2. The highest BCUT2D eigenvalue weighted by atomic mass is 16.5. The Morgan fingerprint density at radius 1 is 1.50 bits per heavy atom. The lowest BCUT2D eigenvalue weighted by Crippen LogP contribution is -2.57. The van der Waals surface area contributed by atoms with Crippen molar-refractivity contribution >= 4 is 5.97 Å². The van der Waals surface area contributed by atoms with Crippen LogP contribution in [0.1, 0.15) is 40.0 Å². The summed E-state index contributed by atoms with van der Waals surface area (Å²) < 4.78 is 10.5. The van der Waals surface area contributed by atoms with Crippen LogP contribution < -0.4 is 5.32 Å². The number of ether oxygens (including phenoxy) is 2. The van der Waals surface area contributed by atoms with Crippen molar-refractivity contribution in [1.29, 1.82) is 0 Å². The van der Waals surface area contributed by atoms with Crippen molar-refractivity contribution < 1.29 is 14.3 Å². The van der Waals surface area contributed by atoms with Gasteiger partial charge in [-0.3, -0.25) is 15.0 Å². The number of carbonyl (C=O) groups is 1. The van der Waals surface area contributed by atoms with Crippen LogP contribution in [0.5, 0.6) is 0 Å². The summed E-state index contributed by atoms with van der Waals surface area (Å²) in [6, 6.07) is 0.483. The van der Waals surface area contributed by atoms with E-state index >= 15 is 0 Å². The van der Waals surface area contributed by atoms with Gasteiger partial charge < -0.3 is 9.47 Å². The Labute approximate surface area is 122 Å². The summed E-state index contributed by atoms with van der Waals surface area (Å²) in [6.45, 7) is 9.66. The van der Waals surface area contributed by atoms with Crippen molar-refractivity contribution in [3.63, 3.8) is 0 Å². The third kappa shape index (κ3) is 3.71. The first kappa shape index (κ1) is 15.7. The summed E-state index contributed by atoms with van der Waals surface area (Å²) in [4.78, 5) is 14.5. The minimum Gasteiger partial charge on any atom is -0.468 e. The third-order valence-electron chi connectivity index (χ3n) is 4.43. The lowest BCUT2D eigenvalue weighted by atomic mass is 9.94. The van der Waals surface area contributed by atoms with Gasteiger partial charge in [-0.25, -0.2) is 0 Å². The van der Waals surface area contributed by atoms with Crippen molar-refractivity contribution in [3.8, 4) is 0 Å². The van der Waals surface area contributed by atoms with E-state index in [0.717, 1.165) is 45.6 Å². The molecule has 0 amide bonds. The Kier molecular flexibility index (Phi) is 4.72. The normalized spacial score (nSPS) is 26.0. The third-order valence-corrected chi connectivity index (χ3v) is 4.43. The molecule has 0 aromatic carbocycles. The van der Waals surface area contributed by atoms with Gasteiger partial charge in [0.05, 0.1) is 20.3 Å². The number of nitrogens with zero attached hydrogens (tertiary/aromatic N) is 1. The number of rotatable bonds is 6. The van der Waals surface area contributed by atoms with Gasteiger partial charge >= 0.3 is 5.97 Å². The highest BCUT2D eigenvalue weighted by Crippen LogP contribution is 2.26. The molecule has 1 N–H and O–H groups in total. The van der Waals surface area contributed by atoms with Gasteiger partial charge in [-0.1, -0.05) is 0 Å². The van der Waals surface area contributed by atoms with Gasteiger partial charge in [0.25, 0.3) is 0 Å². The van der Waals surface area contributed by atoms with Crippen molar-refractivity contribution in [1.82, 2.24) is 10.2 Å². The van der Waals surface area contributed by atoms with E-state index in [9.17, 15) is 4.79 Å². The van der Waals surface area contributed by atoms with Crippen LogP contribution in [0.15, 0.2) is 0 Å². The molecule has 5 heteroatoms. The van der Waals surface area contributed by atoms with Crippen LogP contribution in [0.3, 0.4) is 0 Å². The zero-order chi connectivity index (χ0) is 14.8. The molecular weight excluding hydrogens is 256 g/mol. The molecule has 0 radical (unpaired) electrons. The maximum Gasteiger partial charge on any atom is 0.325 e. The summed E-state index contributed by atoms with van der Waals surface area (Å²) >= 11 is 0. The quantitative estimate of drug-likeness (QED) is 0.742. The minimum absolute atomic E-state index is 0.0366. The average molecular weight is 284 g/mol. The minimum atomic E-state index is -0.579. The molecule has 2 aliphatic rings. The second-order valence-electron chi connectivity index (χ2n) is 6.84. The van der Waals surface area contributed by atoms with Crippen molar-refractivity contribution in [2.24, 2.45) is 0 Å². The SMILES string of the molecule is COC(=O)C(C)(CCN1CCOCC1(C)C)NC1CC1. The molecule has 0 aromatic heterocycles. The van der Waals surface area contributed by atoms with Gasteiger partial charge in [0.2, 0.25) is 0 Å². The Hall–Kier alpha value is -0.650. The predicted octanol–water partition coefficient (Wildman–Crippen LogP) is 1.17. The van der Waals surface area contributed by atoms with E-state index in [1.54, 1.807) is 0 Å². The van der Waals surface area contributed by atoms with Crippen LogP contribution >= 0.6 is 0 Å². The first-order chi connectivity index (χ1) is 9.37. The summed E-state index contributed by atoms with van der Waals surface area (Å²) in [5, 5.41) is 3.45. The molecule has 0 aromatic rings. The van der Waals surface area contributed by atoms with Crippen LogP contribution in [0.2, 0.25) is 0 Å². The number of methoxy groups -OCH3 is 1. The summed E-state index contributed by atoms with van der Waals surface area (Å²) in [6.07, 6.45) is 3.09. The number of hydrogen-bond acceptors (Lipinski definition) is 5. The Balaban J connectivity index is 1.95. The van der Waals surface area contributed by atoms with Gasteiger partial charge in [0.15, 0.2) is 0 Å². The standard InChI is InChI=1S/C15H28N2O3/c1-14(2)11-20-10-9-17(14)8-7-15(3,13(18)19-4)16-12-5-6-12/h12,16H,5-11H2,1-4H3. The molecule has 1 saturated carbocycles. The maximum absolute atomic E-state index is 12.1. The Morgan fingerprint density at radius 3 is 2.75 bits per heavy atom. The number of hydrogen-bond donors (Lipinski definition) is 1. The molecule has 20 heavy (non-hydrogen) atoms. The lowest BCUT2D eigenvalue weighted by Gasteiger charge is -2.43. The summed E-state index contributed by atoms with van der Waals surface area (Å²) in [7, 11) is 1.47. The fraction of sp³-hybridized carbons (Fsp3) is 0.933. The van der Waals surface area contributed by atoms with Gasteiger partial charge in [0.1, 0.15) is 5.54 Å². The molecule has 1 aliphatic heterocycles. The maximum atomic E-state index is 12.1. The van der Waals surface area contributed by atoms with E-state index in [4.69, 9.17) is 9.47 Å².